The van der Waals surface area contributed by atoms with Crippen LogP contribution >= 0.6 is 7.14 Å². The molecule has 1 saturated heterocycles. The van der Waals surface area contributed by atoms with Crippen LogP contribution in [0.15, 0.2) is 84.9 Å². The smallest absolute Gasteiger partial charge is 0.172 e. The Kier molecular flexibility index (Phi) is 4.24. The fourth-order valence-electron chi connectivity index (χ4n) is 4.38. The second kappa shape index (κ2) is 6.76. The summed E-state index contributed by atoms with van der Waals surface area (Å²) in [4.78, 5) is 6.37. The van der Waals surface area contributed by atoms with Gasteiger partial charge in [0.2, 0.25) is 0 Å². The molecule has 0 N–H and O–H groups in total. The number of hydroxylamine groups is 2. The molecule has 2 aliphatic rings. The molecule has 5 rings (SSSR count). The quantitative estimate of drug-likeness (QED) is 0.641. The summed E-state index contributed by atoms with van der Waals surface area (Å²) in [6, 6.07) is 28.4. The van der Waals surface area contributed by atoms with Gasteiger partial charge in [-0.1, -0.05) is 84.9 Å². The van der Waals surface area contributed by atoms with Gasteiger partial charge in [0.15, 0.2) is 7.14 Å². The second-order valence-corrected chi connectivity index (χ2v) is 10.2. The zero-order valence-electron chi connectivity index (χ0n) is 15.1. The Morgan fingerprint density at radius 1 is 0.815 bits per heavy atom. The lowest BCUT2D eigenvalue weighted by atomic mass is 9.93. The highest BCUT2D eigenvalue weighted by atomic mass is 31.2. The van der Waals surface area contributed by atoms with Crippen molar-refractivity contribution < 1.29 is 9.40 Å². The minimum atomic E-state index is -2.92. The predicted molar refractivity (Wildman–Crippen MR) is 109 cm³/mol. The number of benzene rings is 3. The normalized spacial score (nSPS) is 22.2. The van der Waals surface area contributed by atoms with Gasteiger partial charge in [-0.25, -0.2) is 0 Å². The predicted octanol–water partition coefficient (Wildman–Crippen LogP) is 4.26. The number of hydrogen-bond donors (Lipinski definition) is 0. The molecule has 136 valence electrons. The van der Waals surface area contributed by atoms with E-state index in [0.29, 0.717) is 0 Å². The van der Waals surface area contributed by atoms with E-state index in [1.165, 1.54) is 11.1 Å². The summed E-state index contributed by atoms with van der Waals surface area (Å²) >= 11 is 0. The van der Waals surface area contributed by atoms with Crippen LogP contribution in [0.2, 0.25) is 0 Å². The summed E-state index contributed by atoms with van der Waals surface area (Å²) in [5.41, 5.74) is 2.70. The SMILES string of the molecule is O=P(c1ccccc1)(c1ccccc1)C1C[C@@H]2c3ccccc3CCN2O1. The maximum absolute atomic E-state index is 14.5. The summed E-state index contributed by atoms with van der Waals surface area (Å²) in [7, 11) is -2.92. The van der Waals surface area contributed by atoms with Crippen LogP contribution < -0.4 is 10.6 Å². The van der Waals surface area contributed by atoms with Gasteiger partial charge in [0, 0.05) is 23.6 Å². The highest BCUT2D eigenvalue weighted by Gasteiger charge is 2.47. The van der Waals surface area contributed by atoms with Gasteiger partial charge in [-0.15, -0.1) is 0 Å². The molecular weight excluding hydrogens is 353 g/mol. The number of rotatable bonds is 3. The average Bonchev–Trinajstić information content (AvgIpc) is 3.20. The largest absolute Gasteiger partial charge is 0.311 e. The highest BCUT2D eigenvalue weighted by molar-refractivity contribution is 7.79. The molecule has 2 aliphatic heterocycles. The maximum Gasteiger partial charge on any atom is 0.172 e. The third-order valence-electron chi connectivity index (χ3n) is 5.73. The minimum Gasteiger partial charge on any atom is -0.311 e. The molecule has 0 amide bonds. The molecule has 0 saturated carbocycles. The minimum absolute atomic E-state index is 0.181. The number of nitrogens with zero attached hydrogens (tertiary/aromatic N) is 1. The van der Waals surface area contributed by atoms with Crippen molar-refractivity contribution in [2.45, 2.75) is 24.7 Å². The molecule has 0 aromatic heterocycles. The van der Waals surface area contributed by atoms with E-state index >= 15 is 0 Å². The topological polar surface area (TPSA) is 29.5 Å². The van der Waals surface area contributed by atoms with E-state index in [1.54, 1.807) is 0 Å². The molecule has 27 heavy (non-hydrogen) atoms. The average molecular weight is 375 g/mol. The van der Waals surface area contributed by atoms with Gasteiger partial charge in [-0.05, 0) is 17.5 Å². The fraction of sp³-hybridized carbons (Fsp3) is 0.217. The van der Waals surface area contributed by atoms with Crippen molar-refractivity contribution in [3.8, 4) is 0 Å². The first-order valence-electron chi connectivity index (χ1n) is 9.49. The molecule has 3 aromatic rings. The first-order valence-corrected chi connectivity index (χ1v) is 11.3. The Labute approximate surface area is 159 Å². The van der Waals surface area contributed by atoms with Crippen LogP contribution in [0.5, 0.6) is 0 Å². The van der Waals surface area contributed by atoms with Gasteiger partial charge in [-0.3, -0.25) is 4.84 Å². The summed E-state index contributed by atoms with van der Waals surface area (Å²) in [6.07, 6.45) is 1.72. The van der Waals surface area contributed by atoms with Crippen LogP contribution in [0, 0.1) is 0 Å². The van der Waals surface area contributed by atoms with Crippen LogP contribution in [0.25, 0.3) is 0 Å². The van der Waals surface area contributed by atoms with Crippen LogP contribution in [-0.2, 0) is 15.8 Å². The van der Waals surface area contributed by atoms with Gasteiger partial charge in [0.1, 0.15) is 5.85 Å². The zero-order chi connectivity index (χ0) is 18.3. The number of hydrogen-bond acceptors (Lipinski definition) is 3. The van der Waals surface area contributed by atoms with E-state index in [1.807, 2.05) is 60.7 Å². The lowest BCUT2D eigenvalue weighted by Crippen LogP contribution is -2.31. The molecule has 0 bridgehead atoms. The third-order valence-corrected chi connectivity index (χ3v) is 8.98. The standard InChI is InChI=1S/C23H22NO2P/c25-27(19-10-3-1-4-11-19,20-12-5-2-6-13-20)23-17-22-21-14-8-7-9-18(21)15-16-24(22)26-23/h1-14,22-23H,15-17H2/t22-,23?/m1/s1. The summed E-state index contributed by atoms with van der Waals surface area (Å²) in [5.74, 6) is -0.335. The molecule has 3 nitrogen and oxygen atoms in total. The summed E-state index contributed by atoms with van der Waals surface area (Å²) in [6.45, 7) is 0.849. The van der Waals surface area contributed by atoms with Gasteiger partial charge >= 0.3 is 0 Å². The van der Waals surface area contributed by atoms with Crippen molar-refractivity contribution in [1.82, 2.24) is 5.06 Å². The molecule has 2 heterocycles. The molecule has 0 aliphatic carbocycles. The van der Waals surface area contributed by atoms with E-state index in [0.717, 1.165) is 30.0 Å². The first kappa shape index (κ1) is 16.9. The Hall–Kier alpha value is -2.19. The van der Waals surface area contributed by atoms with Gasteiger partial charge in [0.25, 0.3) is 0 Å². The van der Waals surface area contributed by atoms with Crippen LogP contribution in [0.3, 0.4) is 0 Å². The van der Waals surface area contributed by atoms with E-state index in [4.69, 9.17) is 4.84 Å². The fourth-order valence-corrected chi connectivity index (χ4v) is 7.33. The van der Waals surface area contributed by atoms with Crippen molar-refractivity contribution in [1.29, 1.82) is 0 Å². The third kappa shape index (κ3) is 2.78. The molecule has 0 radical (unpaired) electrons. The molecule has 1 fully saturated rings. The van der Waals surface area contributed by atoms with Crippen molar-refractivity contribution in [2.24, 2.45) is 0 Å². The first-order chi connectivity index (χ1) is 13.3. The highest BCUT2D eigenvalue weighted by Crippen LogP contribution is 2.56. The molecule has 3 aromatic carbocycles. The van der Waals surface area contributed by atoms with Crippen molar-refractivity contribution in [3.63, 3.8) is 0 Å². The lowest BCUT2D eigenvalue weighted by molar-refractivity contribution is -0.147. The van der Waals surface area contributed by atoms with Gasteiger partial charge < -0.3 is 4.57 Å². The Balaban J connectivity index is 1.58. The summed E-state index contributed by atoms with van der Waals surface area (Å²) in [5, 5.41) is 3.80. The monoisotopic (exact) mass is 375 g/mol. The van der Waals surface area contributed by atoms with Crippen LogP contribution in [0.4, 0.5) is 0 Å². The van der Waals surface area contributed by atoms with Crippen molar-refractivity contribution >= 4 is 17.8 Å². The molecule has 4 heteroatoms. The number of fused-ring (bicyclic) bond motifs is 3. The van der Waals surface area contributed by atoms with Crippen molar-refractivity contribution in [3.05, 3.63) is 96.1 Å². The summed E-state index contributed by atoms with van der Waals surface area (Å²) < 4.78 is 14.5. The molecule has 0 spiro atoms. The lowest BCUT2D eigenvalue weighted by Gasteiger charge is -2.30. The van der Waals surface area contributed by atoms with E-state index in [-0.39, 0.29) is 11.9 Å². The molecular formula is C23H22NO2P. The zero-order valence-corrected chi connectivity index (χ0v) is 16.0. The maximum atomic E-state index is 14.5. The van der Waals surface area contributed by atoms with E-state index < -0.39 is 7.14 Å². The van der Waals surface area contributed by atoms with Crippen LogP contribution in [0.1, 0.15) is 23.6 Å². The van der Waals surface area contributed by atoms with Crippen LogP contribution in [-0.4, -0.2) is 17.5 Å². The Morgan fingerprint density at radius 3 is 2.07 bits per heavy atom. The second-order valence-electron chi connectivity index (χ2n) is 7.23. The van der Waals surface area contributed by atoms with Gasteiger partial charge in [-0.2, -0.15) is 5.06 Å². The van der Waals surface area contributed by atoms with E-state index in [9.17, 15) is 4.57 Å². The Morgan fingerprint density at radius 2 is 1.41 bits per heavy atom. The van der Waals surface area contributed by atoms with Crippen molar-refractivity contribution in [2.75, 3.05) is 6.54 Å². The Bertz CT molecular complexity index is 946. The van der Waals surface area contributed by atoms with Gasteiger partial charge in [0.05, 0.1) is 6.04 Å². The molecule has 1 unspecified atom stereocenters. The van der Waals surface area contributed by atoms with E-state index in [2.05, 4.69) is 29.3 Å². The molecule has 2 atom stereocenters.